The molecule has 4 rings (SSSR count). The number of aliphatic hydroxyl groups excluding tert-OH is 1. The summed E-state index contributed by atoms with van der Waals surface area (Å²) in [6, 6.07) is 8.42. The topological polar surface area (TPSA) is 38.0 Å². The minimum Gasteiger partial charge on any atom is -0.388 e. The van der Waals surface area contributed by atoms with Crippen LogP contribution < -0.4 is 0 Å². The highest BCUT2D eigenvalue weighted by atomic mass is 32.1. The Bertz CT molecular complexity index is 815. The molecule has 3 aromatic rings. The molecule has 0 saturated heterocycles. The molecule has 0 saturated carbocycles. The summed E-state index contributed by atoms with van der Waals surface area (Å²) in [6.07, 6.45) is 3.56. The molecule has 108 valence electrons. The number of hydrogen-bond acceptors (Lipinski definition) is 3. The molecule has 1 unspecified atom stereocenters. The lowest BCUT2D eigenvalue weighted by atomic mass is 9.75. The first-order valence-corrected chi connectivity index (χ1v) is 8.13. The number of nitrogens with zero attached hydrogens (tertiary/aromatic N) is 2. The first-order chi connectivity index (χ1) is 10.0. The first kappa shape index (κ1) is 13.0. The van der Waals surface area contributed by atoms with Crippen LogP contribution in [0.2, 0.25) is 0 Å². The van der Waals surface area contributed by atoms with Crippen molar-refractivity contribution >= 4 is 21.6 Å². The van der Waals surface area contributed by atoms with Gasteiger partial charge in [0.05, 0.1) is 21.8 Å². The Morgan fingerprint density at radius 3 is 3.05 bits per heavy atom. The van der Waals surface area contributed by atoms with Crippen molar-refractivity contribution in [3.05, 3.63) is 47.2 Å². The number of fused-ring (bicyclic) bond motifs is 2. The van der Waals surface area contributed by atoms with Gasteiger partial charge in [0, 0.05) is 23.1 Å². The Kier molecular flexibility index (Phi) is 2.75. The molecular weight excluding hydrogens is 280 g/mol. The maximum atomic E-state index is 10.4. The Balaban J connectivity index is 1.86. The largest absolute Gasteiger partial charge is 0.388 e. The minimum atomic E-state index is -0.350. The van der Waals surface area contributed by atoms with Gasteiger partial charge in [0.25, 0.3) is 0 Å². The average Bonchev–Trinajstić information content (AvgIpc) is 3.02. The van der Waals surface area contributed by atoms with Crippen molar-refractivity contribution in [1.82, 2.24) is 9.55 Å². The monoisotopic (exact) mass is 298 g/mol. The van der Waals surface area contributed by atoms with Gasteiger partial charge < -0.3 is 9.67 Å². The van der Waals surface area contributed by atoms with E-state index in [0.717, 1.165) is 29.6 Å². The van der Waals surface area contributed by atoms with E-state index >= 15 is 0 Å². The van der Waals surface area contributed by atoms with Crippen molar-refractivity contribution < 1.29 is 5.11 Å². The Labute approximate surface area is 127 Å². The van der Waals surface area contributed by atoms with Crippen molar-refractivity contribution in [2.75, 3.05) is 0 Å². The van der Waals surface area contributed by atoms with E-state index in [-0.39, 0.29) is 11.5 Å². The SMILES string of the molecule is CC1(C)Cc2c(ccn2-c2ccc3ncsc3c2)C(O)C1. The fourth-order valence-corrected chi connectivity index (χ4v) is 4.08. The molecule has 0 aliphatic heterocycles. The molecule has 3 nitrogen and oxygen atoms in total. The van der Waals surface area contributed by atoms with Crippen LogP contribution in [0.1, 0.15) is 37.6 Å². The predicted molar refractivity (Wildman–Crippen MR) is 86.0 cm³/mol. The highest BCUT2D eigenvalue weighted by Gasteiger charge is 2.33. The Morgan fingerprint density at radius 1 is 1.33 bits per heavy atom. The normalized spacial score (nSPS) is 20.6. The summed E-state index contributed by atoms with van der Waals surface area (Å²) in [5.41, 5.74) is 6.54. The van der Waals surface area contributed by atoms with Gasteiger partial charge in [-0.2, -0.15) is 0 Å². The molecular formula is C17H18N2OS. The van der Waals surface area contributed by atoms with Crippen molar-refractivity contribution in [1.29, 1.82) is 0 Å². The van der Waals surface area contributed by atoms with Crippen LogP contribution in [0, 0.1) is 5.41 Å². The zero-order valence-electron chi connectivity index (χ0n) is 12.2. The number of aromatic nitrogens is 2. The van der Waals surface area contributed by atoms with Crippen molar-refractivity contribution in [2.45, 2.75) is 32.8 Å². The van der Waals surface area contributed by atoms with Gasteiger partial charge in [0.2, 0.25) is 0 Å². The van der Waals surface area contributed by atoms with Gasteiger partial charge >= 0.3 is 0 Å². The summed E-state index contributed by atoms with van der Waals surface area (Å²) < 4.78 is 3.42. The third-order valence-electron chi connectivity index (χ3n) is 4.37. The summed E-state index contributed by atoms with van der Waals surface area (Å²) in [5, 5.41) is 10.4. The van der Waals surface area contributed by atoms with E-state index in [1.54, 1.807) is 11.3 Å². The molecule has 1 N–H and O–H groups in total. The maximum Gasteiger partial charge on any atom is 0.0813 e. The minimum absolute atomic E-state index is 0.136. The molecule has 4 heteroatoms. The fraction of sp³-hybridized carbons (Fsp3) is 0.353. The van der Waals surface area contributed by atoms with E-state index in [9.17, 15) is 5.11 Å². The van der Waals surface area contributed by atoms with Crippen LogP contribution in [0.5, 0.6) is 0 Å². The molecule has 0 radical (unpaired) electrons. The summed E-state index contributed by atoms with van der Waals surface area (Å²) >= 11 is 1.66. The smallest absolute Gasteiger partial charge is 0.0813 e. The average molecular weight is 298 g/mol. The molecule has 0 spiro atoms. The molecule has 2 heterocycles. The lowest BCUT2D eigenvalue weighted by Crippen LogP contribution is -2.26. The van der Waals surface area contributed by atoms with Crippen molar-refractivity contribution in [2.24, 2.45) is 5.41 Å². The summed E-state index contributed by atoms with van der Waals surface area (Å²) in [6.45, 7) is 4.45. The van der Waals surface area contributed by atoms with Crippen molar-refractivity contribution in [3.8, 4) is 5.69 Å². The lowest BCUT2D eigenvalue weighted by Gasteiger charge is -2.33. The second-order valence-corrected chi connectivity index (χ2v) is 7.54. The molecule has 1 aromatic carbocycles. The zero-order chi connectivity index (χ0) is 14.6. The molecule has 21 heavy (non-hydrogen) atoms. The second-order valence-electron chi connectivity index (χ2n) is 6.65. The Morgan fingerprint density at radius 2 is 2.19 bits per heavy atom. The quantitative estimate of drug-likeness (QED) is 0.734. The van der Waals surface area contributed by atoms with Crippen LogP contribution in [-0.4, -0.2) is 14.7 Å². The van der Waals surface area contributed by atoms with Gasteiger partial charge in [-0.25, -0.2) is 4.98 Å². The van der Waals surface area contributed by atoms with Crippen LogP contribution in [0.4, 0.5) is 0 Å². The number of thiazole rings is 1. The van der Waals surface area contributed by atoms with Gasteiger partial charge in [-0.05, 0) is 42.5 Å². The van der Waals surface area contributed by atoms with E-state index in [4.69, 9.17) is 0 Å². The summed E-state index contributed by atoms with van der Waals surface area (Å²) in [5.74, 6) is 0. The van der Waals surface area contributed by atoms with Crippen LogP contribution >= 0.6 is 11.3 Å². The van der Waals surface area contributed by atoms with E-state index in [0.29, 0.717) is 0 Å². The van der Waals surface area contributed by atoms with Crippen LogP contribution in [0.3, 0.4) is 0 Å². The third-order valence-corrected chi connectivity index (χ3v) is 5.16. The van der Waals surface area contributed by atoms with Gasteiger partial charge in [-0.1, -0.05) is 13.8 Å². The first-order valence-electron chi connectivity index (χ1n) is 7.25. The standard InChI is InChI=1S/C17H18N2OS/c1-17(2)8-14-12(15(20)9-17)5-6-19(14)11-3-4-13-16(7-11)21-10-18-13/h3-7,10,15,20H,8-9H2,1-2H3. The molecule has 0 amide bonds. The zero-order valence-corrected chi connectivity index (χ0v) is 13.0. The van der Waals surface area contributed by atoms with E-state index in [2.05, 4.69) is 53.9 Å². The molecule has 1 aliphatic rings. The summed E-state index contributed by atoms with van der Waals surface area (Å²) in [4.78, 5) is 4.33. The highest BCUT2D eigenvalue weighted by Crippen LogP contribution is 2.42. The third kappa shape index (κ3) is 2.10. The molecule has 2 aromatic heterocycles. The van der Waals surface area contributed by atoms with E-state index in [1.165, 1.54) is 10.4 Å². The Hall–Kier alpha value is -1.65. The maximum absolute atomic E-state index is 10.4. The number of benzene rings is 1. The molecule has 1 aliphatic carbocycles. The number of aliphatic hydroxyl groups is 1. The van der Waals surface area contributed by atoms with Crippen LogP contribution in [0.25, 0.3) is 15.9 Å². The molecule has 0 fully saturated rings. The van der Waals surface area contributed by atoms with Gasteiger partial charge in [0.15, 0.2) is 0 Å². The van der Waals surface area contributed by atoms with Gasteiger partial charge in [0.1, 0.15) is 0 Å². The highest BCUT2D eigenvalue weighted by molar-refractivity contribution is 7.16. The molecule has 1 atom stereocenters. The van der Waals surface area contributed by atoms with Crippen LogP contribution in [-0.2, 0) is 6.42 Å². The second kappa shape index (κ2) is 4.42. The van der Waals surface area contributed by atoms with E-state index in [1.807, 2.05) is 5.51 Å². The fourth-order valence-electron chi connectivity index (χ4n) is 3.37. The van der Waals surface area contributed by atoms with Crippen molar-refractivity contribution in [3.63, 3.8) is 0 Å². The molecule has 0 bridgehead atoms. The van der Waals surface area contributed by atoms with Gasteiger partial charge in [-0.3, -0.25) is 0 Å². The number of rotatable bonds is 1. The lowest BCUT2D eigenvalue weighted by molar-refractivity contribution is 0.0987. The van der Waals surface area contributed by atoms with Crippen LogP contribution in [0.15, 0.2) is 36.0 Å². The van der Waals surface area contributed by atoms with Gasteiger partial charge in [-0.15, -0.1) is 11.3 Å². The number of hydrogen-bond donors (Lipinski definition) is 1. The predicted octanol–water partition coefficient (Wildman–Crippen LogP) is 4.09. The summed E-state index contributed by atoms with van der Waals surface area (Å²) in [7, 11) is 0. The van der Waals surface area contributed by atoms with E-state index < -0.39 is 0 Å².